The van der Waals surface area contributed by atoms with E-state index in [-0.39, 0.29) is 12.0 Å². The molecule has 4 rings (SSSR count). The summed E-state index contributed by atoms with van der Waals surface area (Å²) in [5.41, 5.74) is 4.13. The normalized spacial score (nSPS) is 16.1. The van der Waals surface area contributed by atoms with Crippen molar-refractivity contribution in [3.05, 3.63) is 88.0 Å². The van der Waals surface area contributed by atoms with Crippen molar-refractivity contribution >= 4 is 11.6 Å². The quantitative estimate of drug-likeness (QED) is 0.574. The average molecular weight is 449 g/mol. The first-order chi connectivity index (χ1) is 15.5. The molecule has 2 heterocycles. The van der Waals surface area contributed by atoms with E-state index >= 15 is 0 Å². The summed E-state index contributed by atoms with van der Waals surface area (Å²) in [6.07, 6.45) is 4.74. The lowest BCUT2D eigenvalue weighted by molar-refractivity contribution is 0.0406. The van der Waals surface area contributed by atoms with Gasteiger partial charge in [-0.3, -0.25) is 4.90 Å². The number of aryl methyl sites for hydroxylation is 1. The fraction of sp³-hybridized carbons (Fsp3) is 0.385. The number of likely N-dealkylation sites (tertiary alicyclic amines) is 1. The highest BCUT2D eigenvalue weighted by Gasteiger charge is 2.34. The topological polar surface area (TPSA) is 65.1 Å². The number of aliphatic hydroxyl groups excluding tert-OH is 1. The van der Waals surface area contributed by atoms with Crippen LogP contribution >= 0.6 is 11.6 Å². The maximum atomic E-state index is 10.2. The smallest absolute Gasteiger partial charge is 0.106 e. The Balaban J connectivity index is 1.40. The molecule has 6 heteroatoms. The molecule has 1 aliphatic rings. The molecule has 5 nitrogen and oxygen atoms in total. The van der Waals surface area contributed by atoms with Crippen molar-refractivity contribution < 1.29 is 5.11 Å². The standard InChI is InChI=1S/C26H29ClN4O/c1-20-29-16-25(31(20)17-22-7-5-21(15-28)6-8-22)18-30-11-9-26(19-32,10-12-30)14-23-3-2-4-24(27)13-23/h2-8,13,16,32H,9-12,14,17-19H2,1H3. The molecule has 1 aromatic heterocycles. The molecule has 1 N–H and O–H groups in total. The number of halogens is 1. The maximum absolute atomic E-state index is 10.2. The van der Waals surface area contributed by atoms with Crippen LogP contribution in [-0.2, 0) is 19.5 Å². The number of imidazole rings is 1. The van der Waals surface area contributed by atoms with Gasteiger partial charge in [0.15, 0.2) is 0 Å². The third-order valence-electron chi connectivity index (χ3n) is 6.67. The number of hydrogen-bond donors (Lipinski definition) is 1. The van der Waals surface area contributed by atoms with E-state index in [1.54, 1.807) is 0 Å². The van der Waals surface area contributed by atoms with Crippen molar-refractivity contribution in [3.63, 3.8) is 0 Å². The molecule has 1 fully saturated rings. The Hall–Kier alpha value is -2.65. The molecule has 0 bridgehead atoms. The second-order valence-corrected chi connectivity index (χ2v) is 9.37. The Kier molecular flexibility index (Phi) is 6.95. The van der Waals surface area contributed by atoms with Gasteiger partial charge in [-0.05, 0) is 80.1 Å². The molecule has 0 aliphatic carbocycles. The largest absolute Gasteiger partial charge is 0.396 e. The first kappa shape index (κ1) is 22.5. The number of piperidine rings is 1. The van der Waals surface area contributed by atoms with Gasteiger partial charge in [-0.1, -0.05) is 35.9 Å². The Morgan fingerprint density at radius 3 is 2.50 bits per heavy atom. The van der Waals surface area contributed by atoms with Gasteiger partial charge < -0.3 is 9.67 Å². The van der Waals surface area contributed by atoms with Gasteiger partial charge in [-0.25, -0.2) is 4.98 Å². The number of rotatable bonds is 7. The molecule has 0 spiro atoms. The van der Waals surface area contributed by atoms with Crippen LogP contribution in [-0.4, -0.2) is 39.3 Å². The monoisotopic (exact) mass is 448 g/mol. The van der Waals surface area contributed by atoms with Gasteiger partial charge in [-0.15, -0.1) is 0 Å². The fourth-order valence-electron chi connectivity index (χ4n) is 4.61. The summed E-state index contributed by atoms with van der Waals surface area (Å²) in [5.74, 6) is 0.993. The van der Waals surface area contributed by atoms with Crippen LogP contribution in [0.25, 0.3) is 0 Å². The highest BCUT2D eigenvalue weighted by Crippen LogP contribution is 2.35. The van der Waals surface area contributed by atoms with E-state index in [1.807, 2.05) is 55.6 Å². The van der Waals surface area contributed by atoms with Crippen molar-refractivity contribution in [1.29, 1.82) is 5.26 Å². The van der Waals surface area contributed by atoms with Crippen molar-refractivity contribution in [2.24, 2.45) is 5.41 Å². The molecule has 3 aromatic rings. The number of benzene rings is 2. The Bertz CT molecular complexity index is 1090. The van der Waals surface area contributed by atoms with E-state index in [2.05, 4.69) is 26.6 Å². The summed E-state index contributed by atoms with van der Waals surface area (Å²) in [6, 6.07) is 17.9. The number of aromatic nitrogens is 2. The van der Waals surface area contributed by atoms with Gasteiger partial charge in [0.25, 0.3) is 0 Å². The Morgan fingerprint density at radius 2 is 1.84 bits per heavy atom. The van der Waals surface area contributed by atoms with Gasteiger partial charge in [0.1, 0.15) is 5.82 Å². The molecule has 32 heavy (non-hydrogen) atoms. The summed E-state index contributed by atoms with van der Waals surface area (Å²) in [4.78, 5) is 7.01. The molecule has 0 unspecified atom stereocenters. The molecule has 0 atom stereocenters. The van der Waals surface area contributed by atoms with Gasteiger partial charge >= 0.3 is 0 Å². The molecular weight excluding hydrogens is 420 g/mol. The lowest BCUT2D eigenvalue weighted by Crippen LogP contribution is -2.43. The second kappa shape index (κ2) is 9.87. The van der Waals surface area contributed by atoms with E-state index in [0.29, 0.717) is 5.56 Å². The summed E-state index contributed by atoms with van der Waals surface area (Å²) in [6.45, 7) is 5.71. The number of nitriles is 1. The molecular formula is C26H29ClN4O. The molecule has 1 saturated heterocycles. The lowest BCUT2D eigenvalue weighted by Gasteiger charge is -2.41. The molecule has 166 valence electrons. The average Bonchev–Trinajstić information content (AvgIpc) is 3.14. The zero-order valence-corrected chi connectivity index (χ0v) is 19.2. The van der Waals surface area contributed by atoms with Crippen LogP contribution in [0.5, 0.6) is 0 Å². The van der Waals surface area contributed by atoms with Crippen LogP contribution in [0.4, 0.5) is 0 Å². The van der Waals surface area contributed by atoms with Crippen LogP contribution in [0.1, 0.15) is 41.1 Å². The third-order valence-corrected chi connectivity index (χ3v) is 6.90. The van der Waals surface area contributed by atoms with Gasteiger partial charge in [-0.2, -0.15) is 5.26 Å². The van der Waals surface area contributed by atoms with Gasteiger partial charge in [0.05, 0.1) is 17.3 Å². The number of hydrogen-bond acceptors (Lipinski definition) is 4. The minimum absolute atomic E-state index is 0.0835. The van der Waals surface area contributed by atoms with Crippen molar-refractivity contribution in [3.8, 4) is 6.07 Å². The first-order valence-electron chi connectivity index (χ1n) is 11.1. The zero-order valence-electron chi connectivity index (χ0n) is 18.5. The van der Waals surface area contributed by atoms with Crippen LogP contribution in [0.15, 0.2) is 54.7 Å². The van der Waals surface area contributed by atoms with Crippen LogP contribution in [0, 0.1) is 23.7 Å². The second-order valence-electron chi connectivity index (χ2n) is 8.93. The first-order valence-corrected chi connectivity index (χ1v) is 11.5. The van der Waals surface area contributed by atoms with Crippen LogP contribution in [0.2, 0.25) is 5.02 Å². The molecule has 0 saturated carbocycles. The van der Waals surface area contributed by atoms with Crippen LogP contribution < -0.4 is 0 Å². The highest BCUT2D eigenvalue weighted by atomic mass is 35.5. The van der Waals surface area contributed by atoms with Crippen molar-refractivity contribution in [2.75, 3.05) is 19.7 Å². The SMILES string of the molecule is Cc1ncc(CN2CCC(CO)(Cc3cccc(Cl)c3)CC2)n1Cc1ccc(C#N)cc1. The molecule has 0 radical (unpaired) electrons. The summed E-state index contributed by atoms with van der Waals surface area (Å²) in [5, 5.41) is 20.0. The van der Waals surface area contributed by atoms with Gasteiger partial charge in [0, 0.05) is 30.9 Å². The van der Waals surface area contributed by atoms with E-state index < -0.39 is 0 Å². The minimum atomic E-state index is -0.0835. The van der Waals surface area contributed by atoms with Crippen LogP contribution in [0.3, 0.4) is 0 Å². The summed E-state index contributed by atoms with van der Waals surface area (Å²) >= 11 is 6.16. The zero-order chi connectivity index (χ0) is 22.6. The maximum Gasteiger partial charge on any atom is 0.106 e. The van der Waals surface area contributed by atoms with Gasteiger partial charge in [0.2, 0.25) is 0 Å². The summed E-state index contributed by atoms with van der Waals surface area (Å²) < 4.78 is 2.25. The van der Waals surface area contributed by atoms with E-state index in [9.17, 15) is 5.11 Å². The molecule has 2 aromatic carbocycles. The Labute approximate surface area is 194 Å². The van der Waals surface area contributed by atoms with E-state index in [4.69, 9.17) is 16.9 Å². The van der Waals surface area contributed by atoms with E-state index in [0.717, 1.165) is 61.9 Å². The van der Waals surface area contributed by atoms with Crippen molar-refractivity contribution in [2.45, 2.75) is 39.3 Å². The number of nitrogens with zero attached hydrogens (tertiary/aromatic N) is 4. The number of aliphatic hydroxyl groups is 1. The highest BCUT2D eigenvalue weighted by molar-refractivity contribution is 6.30. The summed E-state index contributed by atoms with van der Waals surface area (Å²) in [7, 11) is 0. The molecule has 0 amide bonds. The Morgan fingerprint density at radius 1 is 1.09 bits per heavy atom. The van der Waals surface area contributed by atoms with Crippen molar-refractivity contribution in [1.82, 2.24) is 14.5 Å². The third kappa shape index (κ3) is 5.21. The fourth-order valence-corrected chi connectivity index (χ4v) is 4.82. The molecule has 1 aliphatic heterocycles. The minimum Gasteiger partial charge on any atom is -0.396 e. The predicted octanol–water partition coefficient (Wildman–Crippen LogP) is 4.58. The van der Waals surface area contributed by atoms with E-state index in [1.165, 1.54) is 11.3 Å². The predicted molar refractivity (Wildman–Crippen MR) is 126 cm³/mol. The lowest BCUT2D eigenvalue weighted by atomic mass is 9.74.